The first kappa shape index (κ1) is 24.5. The molecule has 184 valence electrons. The maximum absolute atomic E-state index is 13.9. The maximum atomic E-state index is 13.9. The third-order valence-corrected chi connectivity index (χ3v) is 5.90. The van der Waals surface area contributed by atoms with Crippen LogP contribution in [-0.2, 0) is 16.0 Å². The number of ether oxygens (including phenoxy) is 1. The monoisotopic (exact) mass is 484 g/mol. The molecule has 2 amide bonds. The summed E-state index contributed by atoms with van der Waals surface area (Å²) in [6, 6.07) is 23.1. The van der Waals surface area contributed by atoms with Crippen molar-refractivity contribution < 1.29 is 14.3 Å². The van der Waals surface area contributed by atoms with Gasteiger partial charge >= 0.3 is 0 Å². The van der Waals surface area contributed by atoms with E-state index in [9.17, 15) is 9.59 Å². The molecule has 0 spiro atoms. The Morgan fingerprint density at radius 1 is 1.00 bits per heavy atom. The first-order valence-electron chi connectivity index (χ1n) is 11.4. The number of hydrogen-bond donors (Lipinski definition) is 1. The first-order valence-corrected chi connectivity index (χ1v) is 11.4. The van der Waals surface area contributed by atoms with Crippen molar-refractivity contribution in [3.05, 3.63) is 90.6 Å². The highest BCUT2D eigenvalue weighted by atomic mass is 16.5. The molecule has 4 rings (SSSR count). The molecule has 3 aromatic carbocycles. The normalized spacial score (nSPS) is 11.5. The molecule has 9 nitrogen and oxygen atoms in total. The average Bonchev–Trinajstić information content (AvgIpc) is 3.37. The van der Waals surface area contributed by atoms with Crippen LogP contribution in [0.3, 0.4) is 0 Å². The number of carbonyl (C=O) groups excluding carboxylic acids is 2. The molecule has 1 aromatic heterocycles. The molecule has 2 N–H and O–H groups in total. The fourth-order valence-electron chi connectivity index (χ4n) is 3.99. The van der Waals surface area contributed by atoms with Gasteiger partial charge in [0.05, 0.1) is 13.3 Å². The summed E-state index contributed by atoms with van der Waals surface area (Å²) in [7, 11) is 3.26. The van der Waals surface area contributed by atoms with E-state index in [0.717, 1.165) is 5.56 Å². The van der Waals surface area contributed by atoms with E-state index in [4.69, 9.17) is 10.5 Å². The lowest BCUT2D eigenvalue weighted by Gasteiger charge is -2.32. The van der Waals surface area contributed by atoms with E-state index < -0.39 is 6.04 Å². The molecule has 0 aliphatic rings. The van der Waals surface area contributed by atoms with Crippen molar-refractivity contribution in [3.8, 4) is 17.0 Å². The van der Waals surface area contributed by atoms with Crippen LogP contribution in [0.2, 0.25) is 0 Å². The number of hydrogen-bond acceptors (Lipinski definition) is 6. The Kier molecular flexibility index (Phi) is 7.29. The van der Waals surface area contributed by atoms with Gasteiger partial charge in [-0.3, -0.25) is 9.59 Å². The number of amides is 2. The fraction of sp³-hybridized carbons (Fsp3) is 0.185. The minimum Gasteiger partial charge on any atom is -0.497 e. The summed E-state index contributed by atoms with van der Waals surface area (Å²) in [5.41, 5.74) is 9.39. The molecular weight excluding hydrogens is 456 g/mol. The average molecular weight is 485 g/mol. The van der Waals surface area contributed by atoms with Crippen molar-refractivity contribution in [2.45, 2.75) is 19.4 Å². The summed E-state index contributed by atoms with van der Waals surface area (Å²) in [6.45, 7) is 1.40. The van der Waals surface area contributed by atoms with Gasteiger partial charge in [-0.2, -0.15) is 4.79 Å². The van der Waals surface area contributed by atoms with E-state index in [1.807, 2.05) is 48.5 Å². The minimum atomic E-state index is -0.889. The maximum Gasteiger partial charge on any atom is 0.252 e. The highest BCUT2D eigenvalue weighted by Crippen LogP contribution is 2.24. The molecule has 0 aliphatic heterocycles. The van der Waals surface area contributed by atoms with Crippen molar-refractivity contribution in [3.63, 3.8) is 0 Å². The second-order valence-electron chi connectivity index (χ2n) is 8.28. The zero-order valence-corrected chi connectivity index (χ0v) is 20.4. The number of nitrogen functional groups attached to an aromatic ring is 1. The number of benzene rings is 3. The number of para-hydroxylation sites is 1. The predicted octanol–water partition coefficient (Wildman–Crippen LogP) is 3.29. The number of anilines is 2. The Labute approximate surface area is 209 Å². The Morgan fingerprint density at radius 3 is 2.31 bits per heavy atom. The van der Waals surface area contributed by atoms with Crippen LogP contribution in [0.25, 0.3) is 11.3 Å². The topological polar surface area (TPSA) is 107 Å². The van der Waals surface area contributed by atoms with Gasteiger partial charge in [0.1, 0.15) is 17.5 Å². The van der Waals surface area contributed by atoms with Crippen molar-refractivity contribution in [1.82, 2.24) is 15.1 Å². The molecule has 36 heavy (non-hydrogen) atoms. The van der Waals surface area contributed by atoms with Gasteiger partial charge < -0.3 is 15.4 Å². The number of methoxy groups -OCH3 is 1. The van der Waals surface area contributed by atoms with Gasteiger partial charge in [-0.25, -0.2) is 5.01 Å². The summed E-state index contributed by atoms with van der Waals surface area (Å²) >= 11 is 0. The molecule has 0 unspecified atom stereocenters. The quantitative estimate of drug-likeness (QED) is 0.385. The molecule has 1 heterocycles. The van der Waals surface area contributed by atoms with Crippen LogP contribution in [0, 0.1) is 0 Å². The van der Waals surface area contributed by atoms with Crippen LogP contribution in [0.5, 0.6) is 5.75 Å². The van der Waals surface area contributed by atoms with E-state index >= 15 is 0 Å². The van der Waals surface area contributed by atoms with Gasteiger partial charge in [0, 0.05) is 37.3 Å². The second kappa shape index (κ2) is 10.7. The van der Waals surface area contributed by atoms with Crippen LogP contribution in [0.4, 0.5) is 11.4 Å². The van der Waals surface area contributed by atoms with Crippen molar-refractivity contribution >= 4 is 23.2 Å². The summed E-state index contributed by atoms with van der Waals surface area (Å²) in [6.07, 6.45) is 1.88. The molecule has 0 aliphatic carbocycles. The number of nitrogens with two attached hydrogens (primary N) is 1. The molecule has 0 saturated heterocycles. The highest BCUT2D eigenvalue weighted by molar-refractivity contribution is 6.02. The number of likely N-dealkylation sites (N-methyl/N-ethyl adjacent to an activating group) is 1. The standard InChI is InChI=1S/C27H28N6O3/c1-19(34)33(32-18-25(29-30-32)23-11-7-8-12-24(23)28)26(17-20-9-5-4-6-10-20)27(35)31(2)21-13-15-22(36-3)16-14-21/h4-16,18,26H,17,28H2,1-3H3/t26-/m0/s1. The van der Waals surface area contributed by atoms with Crippen molar-refractivity contribution in [2.75, 3.05) is 29.8 Å². The largest absolute Gasteiger partial charge is 0.497 e. The van der Waals surface area contributed by atoms with Gasteiger partial charge in [0.2, 0.25) is 5.91 Å². The third-order valence-electron chi connectivity index (χ3n) is 5.90. The van der Waals surface area contributed by atoms with Gasteiger partial charge in [-0.1, -0.05) is 48.5 Å². The Hall–Kier alpha value is -4.66. The highest BCUT2D eigenvalue weighted by Gasteiger charge is 2.33. The molecule has 4 aromatic rings. The van der Waals surface area contributed by atoms with E-state index in [2.05, 4.69) is 10.3 Å². The molecule has 9 heteroatoms. The summed E-state index contributed by atoms with van der Waals surface area (Å²) in [4.78, 5) is 29.7. The lowest BCUT2D eigenvalue weighted by molar-refractivity contribution is -0.125. The van der Waals surface area contributed by atoms with Gasteiger partial charge in [0.15, 0.2) is 0 Å². The number of rotatable bonds is 8. The lowest BCUT2D eigenvalue weighted by Crippen LogP contribution is -2.56. The molecule has 0 bridgehead atoms. The van der Waals surface area contributed by atoms with E-state index in [1.165, 1.54) is 21.6 Å². The van der Waals surface area contributed by atoms with Crippen molar-refractivity contribution in [1.29, 1.82) is 0 Å². The van der Waals surface area contributed by atoms with E-state index in [1.54, 1.807) is 50.7 Å². The second-order valence-corrected chi connectivity index (χ2v) is 8.28. The molecule has 0 saturated carbocycles. The molecule has 0 fully saturated rings. The van der Waals surface area contributed by atoms with Gasteiger partial charge in [0.25, 0.3) is 5.91 Å². The molecular formula is C27H28N6O3. The Bertz CT molecular complexity index is 1340. The lowest BCUT2D eigenvalue weighted by atomic mass is 10.0. The number of carbonyl (C=O) groups is 2. The van der Waals surface area contributed by atoms with Crippen LogP contribution < -0.4 is 20.4 Å². The third kappa shape index (κ3) is 5.20. The Balaban J connectivity index is 1.72. The van der Waals surface area contributed by atoms with Crippen LogP contribution in [0.15, 0.2) is 85.1 Å². The van der Waals surface area contributed by atoms with Crippen LogP contribution >= 0.6 is 0 Å². The fourth-order valence-corrected chi connectivity index (χ4v) is 3.99. The van der Waals surface area contributed by atoms with Crippen LogP contribution in [-0.4, -0.2) is 47.1 Å². The summed E-state index contributed by atoms with van der Waals surface area (Å²) in [5.74, 6) is 0.0431. The number of nitrogens with zero attached hydrogens (tertiary/aromatic N) is 5. The predicted molar refractivity (Wildman–Crippen MR) is 139 cm³/mol. The van der Waals surface area contributed by atoms with Crippen LogP contribution in [0.1, 0.15) is 12.5 Å². The number of aromatic nitrogens is 3. The summed E-state index contributed by atoms with van der Waals surface area (Å²) in [5, 5.41) is 9.73. The first-order chi connectivity index (χ1) is 17.4. The SMILES string of the molecule is COc1ccc(N(C)C(=O)[C@H](Cc2ccccc2)N(C(C)=O)n2cc(-c3ccccc3N)nn2)cc1. The smallest absolute Gasteiger partial charge is 0.252 e. The molecule has 0 radical (unpaired) electrons. The van der Waals surface area contributed by atoms with E-state index in [0.29, 0.717) is 28.4 Å². The van der Waals surface area contributed by atoms with Gasteiger partial charge in [-0.15, -0.1) is 5.10 Å². The Morgan fingerprint density at radius 2 is 1.67 bits per heavy atom. The zero-order valence-electron chi connectivity index (χ0n) is 20.4. The zero-order chi connectivity index (χ0) is 25.7. The van der Waals surface area contributed by atoms with E-state index in [-0.39, 0.29) is 18.2 Å². The van der Waals surface area contributed by atoms with Crippen molar-refractivity contribution in [2.24, 2.45) is 0 Å². The minimum absolute atomic E-state index is 0.280. The molecule has 1 atom stereocenters. The summed E-state index contributed by atoms with van der Waals surface area (Å²) < 4.78 is 5.23. The van der Waals surface area contributed by atoms with Gasteiger partial charge in [-0.05, 0) is 41.1 Å².